The number of benzene rings is 1. The van der Waals surface area contributed by atoms with E-state index in [1.54, 1.807) is 4.68 Å². The largest absolute Gasteiger partial charge is 0.474 e. The molecule has 1 saturated carbocycles. The number of H-pyrrole nitrogens is 1. The Bertz CT molecular complexity index is 1240. The normalized spacial score (nSPS) is 18.0. The lowest BCUT2D eigenvalue weighted by atomic mass is 10.0. The van der Waals surface area contributed by atoms with Crippen LogP contribution in [0.2, 0.25) is 5.02 Å². The molecule has 0 radical (unpaired) electrons. The summed E-state index contributed by atoms with van der Waals surface area (Å²) < 4.78 is 8.04. The summed E-state index contributed by atoms with van der Waals surface area (Å²) >= 11 is 6.32. The smallest absolute Gasteiger partial charge is 0.225 e. The first kappa shape index (κ1) is 18.2. The number of para-hydroxylation sites is 1. The second kappa shape index (κ2) is 6.88. The number of carbonyl (C=O) groups is 1. The number of ketones is 1. The van der Waals surface area contributed by atoms with Crippen LogP contribution in [0.4, 0.5) is 0 Å². The van der Waals surface area contributed by atoms with Crippen LogP contribution in [0.5, 0.6) is 5.88 Å². The summed E-state index contributed by atoms with van der Waals surface area (Å²) in [4.78, 5) is 19.8. The molecule has 3 aromatic heterocycles. The number of hydrogen-bond acceptors (Lipinski definition) is 4. The van der Waals surface area contributed by atoms with E-state index in [0.29, 0.717) is 29.5 Å². The average molecular weight is 409 g/mol. The molecule has 1 aromatic carbocycles. The minimum absolute atomic E-state index is 0.0928. The van der Waals surface area contributed by atoms with E-state index in [0.717, 1.165) is 39.6 Å². The lowest BCUT2D eigenvalue weighted by Gasteiger charge is -2.20. The molecular formula is C22H21ClN4O2. The van der Waals surface area contributed by atoms with Gasteiger partial charge in [0.15, 0.2) is 0 Å². The van der Waals surface area contributed by atoms with Crippen molar-refractivity contribution in [2.24, 2.45) is 13.0 Å². The summed E-state index contributed by atoms with van der Waals surface area (Å²) in [6.45, 7) is 2.02. The van der Waals surface area contributed by atoms with Gasteiger partial charge in [0.2, 0.25) is 5.88 Å². The van der Waals surface area contributed by atoms with Gasteiger partial charge in [-0.1, -0.05) is 23.7 Å². The lowest BCUT2D eigenvalue weighted by Crippen LogP contribution is -2.22. The highest BCUT2D eigenvalue weighted by atomic mass is 35.5. The van der Waals surface area contributed by atoms with Crippen LogP contribution in [-0.2, 0) is 11.8 Å². The van der Waals surface area contributed by atoms with Gasteiger partial charge in [-0.05, 0) is 31.5 Å². The molecule has 29 heavy (non-hydrogen) atoms. The summed E-state index contributed by atoms with van der Waals surface area (Å²) in [5.74, 6) is 1.09. The van der Waals surface area contributed by atoms with Gasteiger partial charge in [-0.25, -0.2) is 4.98 Å². The molecule has 0 amide bonds. The molecule has 0 saturated heterocycles. The van der Waals surface area contributed by atoms with Crippen molar-refractivity contribution in [3.05, 3.63) is 41.6 Å². The summed E-state index contributed by atoms with van der Waals surface area (Å²) in [5.41, 5.74) is 3.29. The van der Waals surface area contributed by atoms with Gasteiger partial charge in [-0.15, -0.1) is 0 Å². The van der Waals surface area contributed by atoms with Crippen LogP contribution in [0.15, 0.2) is 36.5 Å². The van der Waals surface area contributed by atoms with Crippen molar-refractivity contribution in [3.63, 3.8) is 0 Å². The lowest BCUT2D eigenvalue weighted by molar-refractivity contribution is -0.117. The van der Waals surface area contributed by atoms with Gasteiger partial charge in [-0.3, -0.25) is 9.48 Å². The highest BCUT2D eigenvalue weighted by molar-refractivity contribution is 6.35. The number of pyridine rings is 1. The molecule has 5 rings (SSSR count). The maximum atomic E-state index is 11.7. The minimum atomic E-state index is -0.0928. The third-order valence-electron chi connectivity index (χ3n) is 5.71. The summed E-state index contributed by atoms with van der Waals surface area (Å²) in [6, 6.07) is 9.78. The number of halogens is 1. The third kappa shape index (κ3) is 3.27. The molecule has 2 atom stereocenters. The predicted molar refractivity (Wildman–Crippen MR) is 113 cm³/mol. The number of Topliss-reactive ketones (excluding diaryl/α,β-unsaturated/α-hetero) is 1. The summed E-state index contributed by atoms with van der Waals surface area (Å²) in [5, 5.41) is 7.11. The molecule has 1 N–H and O–H groups in total. The number of aryl methyl sites for hydroxylation is 1. The number of ether oxygens (including phenoxy) is 1. The Balaban J connectivity index is 1.57. The van der Waals surface area contributed by atoms with Crippen molar-refractivity contribution in [3.8, 4) is 17.3 Å². The molecule has 0 unspecified atom stereocenters. The summed E-state index contributed by atoms with van der Waals surface area (Å²) in [7, 11) is 1.88. The zero-order valence-corrected chi connectivity index (χ0v) is 17.0. The number of carbonyl (C=O) groups excluding carboxylic acids is 1. The van der Waals surface area contributed by atoms with Crippen LogP contribution >= 0.6 is 11.6 Å². The van der Waals surface area contributed by atoms with E-state index < -0.39 is 0 Å². The van der Waals surface area contributed by atoms with Crippen molar-refractivity contribution in [2.45, 2.75) is 32.3 Å². The quantitative estimate of drug-likeness (QED) is 0.521. The number of hydrogen-bond donors (Lipinski definition) is 1. The Morgan fingerprint density at radius 3 is 2.97 bits per heavy atom. The number of rotatable bonds is 4. The first-order chi connectivity index (χ1) is 14.0. The highest BCUT2D eigenvalue weighted by Gasteiger charge is 2.29. The molecule has 148 valence electrons. The molecule has 4 aromatic rings. The van der Waals surface area contributed by atoms with Crippen molar-refractivity contribution in [1.29, 1.82) is 0 Å². The first-order valence-corrected chi connectivity index (χ1v) is 10.2. The van der Waals surface area contributed by atoms with Crippen molar-refractivity contribution >= 4 is 39.2 Å². The Hall–Kier alpha value is -2.86. The van der Waals surface area contributed by atoms with Gasteiger partial charge >= 0.3 is 0 Å². The number of fused-ring (bicyclic) bond motifs is 2. The topological polar surface area (TPSA) is 72.8 Å². The Morgan fingerprint density at radius 2 is 2.21 bits per heavy atom. The molecule has 1 aliphatic rings. The molecular weight excluding hydrogens is 388 g/mol. The first-order valence-electron chi connectivity index (χ1n) is 9.78. The average Bonchev–Trinajstić information content (AvgIpc) is 3.39. The second-order valence-corrected chi connectivity index (χ2v) is 8.21. The maximum Gasteiger partial charge on any atom is 0.225 e. The number of aromatic nitrogens is 4. The minimum Gasteiger partial charge on any atom is -0.474 e. The molecule has 0 bridgehead atoms. The van der Waals surface area contributed by atoms with Crippen LogP contribution in [0.1, 0.15) is 26.2 Å². The van der Waals surface area contributed by atoms with E-state index in [2.05, 4.69) is 10.1 Å². The van der Waals surface area contributed by atoms with Gasteiger partial charge in [0.05, 0.1) is 32.8 Å². The van der Waals surface area contributed by atoms with Crippen LogP contribution in [0.3, 0.4) is 0 Å². The van der Waals surface area contributed by atoms with Crippen molar-refractivity contribution < 1.29 is 9.53 Å². The van der Waals surface area contributed by atoms with Crippen LogP contribution in [0.25, 0.3) is 33.2 Å². The molecule has 1 fully saturated rings. The zero-order valence-electron chi connectivity index (χ0n) is 16.3. The van der Waals surface area contributed by atoms with E-state index in [1.165, 1.54) is 0 Å². The number of nitrogens with zero attached hydrogens (tertiary/aromatic N) is 3. The van der Waals surface area contributed by atoms with Gasteiger partial charge in [0, 0.05) is 37.4 Å². The monoisotopic (exact) mass is 408 g/mol. The van der Waals surface area contributed by atoms with Crippen LogP contribution in [-0.4, -0.2) is 31.6 Å². The standard InChI is InChI=1S/C22H21ClN4O2/c1-12(13-6-7-15(28)8-13)29-22-16-11-27(2)26-18(16)10-20(25-22)19-9-14-4-3-5-17(23)21(14)24-19/h3-5,9-13,24H,6-8H2,1-2H3/t12-,13+/m1/s1. The fourth-order valence-corrected chi connectivity index (χ4v) is 4.34. The Kier molecular flexibility index (Phi) is 4.32. The molecule has 6 nitrogen and oxygen atoms in total. The molecule has 7 heteroatoms. The molecule has 0 aliphatic heterocycles. The van der Waals surface area contributed by atoms with Gasteiger partial charge in [0.25, 0.3) is 0 Å². The van der Waals surface area contributed by atoms with Gasteiger partial charge in [-0.2, -0.15) is 5.10 Å². The fraction of sp³-hybridized carbons (Fsp3) is 0.318. The van der Waals surface area contributed by atoms with E-state index >= 15 is 0 Å². The second-order valence-electron chi connectivity index (χ2n) is 7.80. The van der Waals surface area contributed by atoms with Gasteiger partial charge in [0.1, 0.15) is 11.9 Å². The Morgan fingerprint density at radius 1 is 1.34 bits per heavy atom. The zero-order chi connectivity index (χ0) is 20.1. The fourth-order valence-electron chi connectivity index (χ4n) is 4.11. The Labute approximate surface area is 172 Å². The number of nitrogens with one attached hydrogen (secondary N) is 1. The molecule has 3 heterocycles. The van der Waals surface area contributed by atoms with E-state index in [9.17, 15) is 4.79 Å². The van der Waals surface area contributed by atoms with E-state index in [4.69, 9.17) is 21.3 Å². The third-order valence-corrected chi connectivity index (χ3v) is 6.02. The summed E-state index contributed by atoms with van der Waals surface area (Å²) in [6.07, 6.45) is 3.92. The van der Waals surface area contributed by atoms with Crippen LogP contribution < -0.4 is 4.74 Å². The highest BCUT2D eigenvalue weighted by Crippen LogP contribution is 2.34. The maximum absolute atomic E-state index is 11.7. The van der Waals surface area contributed by atoms with Gasteiger partial charge < -0.3 is 9.72 Å². The van der Waals surface area contributed by atoms with Crippen molar-refractivity contribution in [1.82, 2.24) is 19.7 Å². The van der Waals surface area contributed by atoms with E-state index in [1.807, 2.05) is 50.5 Å². The SMILES string of the molecule is C[C@@H](Oc1nc(-c2cc3cccc(Cl)c3[nH]2)cc2nn(C)cc12)[C@H]1CCC(=O)C1. The van der Waals surface area contributed by atoms with E-state index in [-0.39, 0.29) is 12.0 Å². The number of aromatic amines is 1. The van der Waals surface area contributed by atoms with Crippen molar-refractivity contribution in [2.75, 3.05) is 0 Å². The van der Waals surface area contributed by atoms with Crippen LogP contribution in [0, 0.1) is 5.92 Å². The molecule has 1 aliphatic carbocycles. The molecule has 0 spiro atoms. The predicted octanol–water partition coefficient (Wildman–Crippen LogP) is 4.91.